The normalized spacial score (nSPS) is 24.1. The zero-order chi connectivity index (χ0) is 12.3. The van der Waals surface area contributed by atoms with E-state index in [1.165, 1.54) is 4.31 Å². The first-order valence-electron chi connectivity index (χ1n) is 5.39. The molecule has 2 rings (SSSR count). The summed E-state index contributed by atoms with van der Waals surface area (Å²) in [6.07, 6.45) is 5.87. The van der Waals surface area contributed by atoms with Crippen LogP contribution < -0.4 is 4.72 Å². The van der Waals surface area contributed by atoms with Crippen molar-refractivity contribution in [2.24, 2.45) is 0 Å². The zero-order valence-corrected chi connectivity index (χ0v) is 10.2. The van der Waals surface area contributed by atoms with Crippen molar-refractivity contribution in [1.82, 2.24) is 9.03 Å². The van der Waals surface area contributed by atoms with E-state index in [1.54, 1.807) is 0 Å². The number of hydrogen-bond donors (Lipinski definition) is 1. The third kappa shape index (κ3) is 2.86. The number of terminal acetylenes is 1. The quantitative estimate of drug-likeness (QED) is 0.787. The van der Waals surface area contributed by atoms with E-state index in [2.05, 4.69) is 10.6 Å². The van der Waals surface area contributed by atoms with Gasteiger partial charge in [0.25, 0.3) is 10.2 Å². The van der Waals surface area contributed by atoms with Gasteiger partial charge in [0.15, 0.2) is 0 Å². The summed E-state index contributed by atoms with van der Waals surface area (Å²) in [5.74, 6) is 2.43. The van der Waals surface area contributed by atoms with Crippen molar-refractivity contribution in [3.8, 4) is 12.3 Å². The number of hydrogen-bond acceptors (Lipinski definition) is 2. The second kappa shape index (κ2) is 4.88. The van der Waals surface area contributed by atoms with Gasteiger partial charge in [0.2, 0.25) is 0 Å². The smallest absolute Gasteiger partial charge is 0.195 e. The van der Waals surface area contributed by atoms with Gasteiger partial charge in [0.1, 0.15) is 0 Å². The van der Waals surface area contributed by atoms with Crippen LogP contribution in [0.15, 0.2) is 30.3 Å². The molecule has 1 aliphatic heterocycles. The summed E-state index contributed by atoms with van der Waals surface area (Å²) in [6, 6.07) is 9.12. The van der Waals surface area contributed by atoms with Crippen LogP contribution in [0.2, 0.25) is 0 Å². The van der Waals surface area contributed by atoms with Crippen molar-refractivity contribution in [2.75, 3.05) is 6.54 Å². The van der Waals surface area contributed by atoms with Crippen molar-refractivity contribution in [3.05, 3.63) is 35.9 Å². The minimum Gasteiger partial charge on any atom is -0.195 e. The van der Waals surface area contributed by atoms with Crippen LogP contribution in [0.3, 0.4) is 0 Å². The number of rotatable bonds is 2. The lowest BCUT2D eigenvalue weighted by atomic mass is 10.2. The maximum Gasteiger partial charge on any atom is 0.280 e. The molecule has 1 heterocycles. The maximum atomic E-state index is 11.9. The molecule has 0 radical (unpaired) electrons. The highest BCUT2D eigenvalue weighted by molar-refractivity contribution is 7.87. The molecular weight excluding hydrogens is 236 g/mol. The molecule has 1 aromatic carbocycles. The van der Waals surface area contributed by atoms with Crippen molar-refractivity contribution >= 4 is 10.2 Å². The Bertz CT molecular complexity index is 519. The van der Waals surface area contributed by atoms with Crippen molar-refractivity contribution in [1.29, 1.82) is 0 Å². The topological polar surface area (TPSA) is 49.4 Å². The Morgan fingerprint density at radius 2 is 2.12 bits per heavy atom. The molecule has 0 amide bonds. The monoisotopic (exact) mass is 250 g/mol. The zero-order valence-electron chi connectivity index (χ0n) is 9.33. The summed E-state index contributed by atoms with van der Waals surface area (Å²) in [6.45, 7) is 0.840. The summed E-state index contributed by atoms with van der Waals surface area (Å²) in [7, 11) is -3.44. The molecule has 90 valence electrons. The summed E-state index contributed by atoms with van der Waals surface area (Å²) in [4.78, 5) is 0. The molecule has 5 heteroatoms. The SMILES string of the molecule is C#C[C@@H]1CCN(Cc2ccccc2)S(=O)(=O)N1. The summed E-state index contributed by atoms with van der Waals surface area (Å²) < 4.78 is 27.6. The molecule has 1 aromatic rings. The number of nitrogens with one attached hydrogen (secondary N) is 1. The third-order valence-electron chi connectivity index (χ3n) is 2.70. The van der Waals surface area contributed by atoms with Gasteiger partial charge in [-0.25, -0.2) is 0 Å². The second-order valence-corrected chi connectivity index (χ2v) is 5.65. The minimum atomic E-state index is -3.44. The van der Waals surface area contributed by atoms with E-state index >= 15 is 0 Å². The molecule has 4 nitrogen and oxygen atoms in total. The molecule has 1 atom stereocenters. The van der Waals surface area contributed by atoms with E-state index in [-0.39, 0.29) is 6.04 Å². The Morgan fingerprint density at radius 1 is 1.41 bits per heavy atom. The van der Waals surface area contributed by atoms with Gasteiger partial charge in [-0.05, 0) is 12.0 Å². The average Bonchev–Trinajstić information content (AvgIpc) is 2.33. The first-order valence-corrected chi connectivity index (χ1v) is 6.83. The molecule has 1 aliphatic rings. The van der Waals surface area contributed by atoms with Gasteiger partial charge in [-0.15, -0.1) is 6.42 Å². The molecule has 0 saturated carbocycles. The number of nitrogens with zero attached hydrogens (tertiary/aromatic N) is 1. The third-order valence-corrected chi connectivity index (χ3v) is 4.28. The van der Waals surface area contributed by atoms with Crippen LogP contribution in [0.4, 0.5) is 0 Å². The highest BCUT2D eigenvalue weighted by atomic mass is 32.2. The molecule has 0 spiro atoms. The van der Waals surface area contributed by atoms with Gasteiger partial charge in [-0.1, -0.05) is 36.3 Å². The molecule has 1 N–H and O–H groups in total. The van der Waals surface area contributed by atoms with Gasteiger partial charge >= 0.3 is 0 Å². The standard InChI is InChI=1S/C12H14N2O2S/c1-2-12-8-9-14(17(15,16)13-12)10-11-6-4-3-5-7-11/h1,3-7,12-13H,8-10H2/t12-/m1/s1. The Kier molecular flexibility index (Phi) is 3.48. The largest absolute Gasteiger partial charge is 0.280 e. The average molecular weight is 250 g/mol. The van der Waals surface area contributed by atoms with Gasteiger partial charge in [0.05, 0.1) is 6.04 Å². The molecule has 0 aliphatic carbocycles. The fourth-order valence-electron chi connectivity index (χ4n) is 1.77. The van der Waals surface area contributed by atoms with Crippen LogP contribution in [0.5, 0.6) is 0 Å². The Hall–Kier alpha value is -1.35. The molecule has 0 aromatic heterocycles. The fourth-order valence-corrected chi connectivity index (χ4v) is 3.13. The molecule has 0 unspecified atom stereocenters. The highest BCUT2D eigenvalue weighted by Gasteiger charge is 2.30. The van der Waals surface area contributed by atoms with Gasteiger partial charge in [-0.2, -0.15) is 17.4 Å². The molecule has 1 saturated heterocycles. The lowest BCUT2D eigenvalue weighted by Gasteiger charge is -2.29. The highest BCUT2D eigenvalue weighted by Crippen LogP contribution is 2.14. The van der Waals surface area contributed by atoms with E-state index in [0.29, 0.717) is 19.5 Å². The van der Waals surface area contributed by atoms with Crippen LogP contribution in [0.25, 0.3) is 0 Å². The molecule has 17 heavy (non-hydrogen) atoms. The van der Waals surface area contributed by atoms with Crippen molar-refractivity contribution in [3.63, 3.8) is 0 Å². The van der Waals surface area contributed by atoms with Crippen molar-refractivity contribution < 1.29 is 8.42 Å². The lowest BCUT2D eigenvalue weighted by Crippen LogP contribution is -2.51. The van der Waals surface area contributed by atoms with Gasteiger partial charge in [0, 0.05) is 13.1 Å². The predicted molar refractivity (Wildman–Crippen MR) is 66.1 cm³/mol. The van der Waals surface area contributed by atoms with E-state index in [9.17, 15) is 8.42 Å². The lowest BCUT2D eigenvalue weighted by molar-refractivity contribution is 0.354. The first-order chi connectivity index (χ1) is 8.12. The first kappa shape index (κ1) is 12.1. The molecule has 1 fully saturated rings. The Balaban J connectivity index is 2.11. The summed E-state index contributed by atoms with van der Waals surface area (Å²) >= 11 is 0. The Morgan fingerprint density at radius 3 is 2.71 bits per heavy atom. The molecular formula is C12H14N2O2S. The number of benzene rings is 1. The van der Waals surface area contributed by atoms with E-state index < -0.39 is 10.2 Å². The van der Waals surface area contributed by atoms with E-state index in [4.69, 9.17) is 6.42 Å². The minimum absolute atomic E-state index is 0.382. The van der Waals surface area contributed by atoms with E-state index in [0.717, 1.165) is 5.56 Å². The fraction of sp³-hybridized carbons (Fsp3) is 0.333. The van der Waals surface area contributed by atoms with Crippen LogP contribution in [-0.2, 0) is 16.8 Å². The van der Waals surface area contributed by atoms with Crippen LogP contribution in [-0.4, -0.2) is 25.3 Å². The van der Waals surface area contributed by atoms with Crippen LogP contribution in [0, 0.1) is 12.3 Å². The predicted octanol–water partition coefficient (Wildman–Crippen LogP) is 0.728. The Labute approximate surface area is 102 Å². The van der Waals surface area contributed by atoms with Gasteiger partial charge < -0.3 is 0 Å². The summed E-state index contributed by atoms with van der Waals surface area (Å²) in [5, 5.41) is 0. The molecule has 0 bridgehead atoms. The van der Waals surface area contributed by atoms with Crippen molar-refractivity contribution in [2.45, 2.75) is 19.0 Å². The maximum absolute atomic E-state index is 11.9. The summed E-state index contributed by atoms with van der Waals surface area (Å²) in [5.41, 5.74) is 0.969. The van der Waals surface area contributed by atoms with Crippen LogP contribution in [0.1, 0.15) is 12.0 Å². The van der Waals surface area contributed by atoms with Gasteiger partial charge in [-0.3, -0.25) is 0 Å². The van der Waals surface area contributed by atoms with Crippen LogP contribution >= 0.6 is 0 Å². The van der Waals surface area contributed by atoms with E-state index in [1.807, 2.05) is 30.3 Å². The second-order valence-electron chi connectivity index (χ2n) is 3.95.